The number of alkyl halides is 3. The van der Waals surface area contributed by atoms with Crippen molar-refractivity contribution in [2.45, 2.75) is 32.4 Å². The van der Waals surface area contributed by atoms with Crippen molar-refractivity contribution >= 4 is 17.5 Å². The van der Waals surface area contributed by atoms with Crippen LogP contribution in [0.1, 0.15) is 30.0 Å². The van der Waals surface area contributed by atoms with Gasteiger partial charge in [-0.3, -0.25) is 4.79 Å². The van der Waals surface area contributed by atoms with Crippen LogP contribution in [-0.4, -0.2) is 35.7 Å². The van der Waals surface area contributed by atoms with Crippen molar-refractivity contribution in [3.8, 4) is 0 Å². The molecule has 0 radical (unpaired) electrons. The Bertz CT molecular complexity index is 989. The first-order valence-electron chi connectivity index (χ1n) is 11.1. The maximum atomic E-state index is 13.2. The van der Waals surface area contributed by atoms with E-state index < -0.39 is 17.7 Å². The number of carboxylic acid groups (broad SMARTS) is 1. The minimum Gasteiger partial charge on any atom is -0.481 e. The fraction of sp³-hybridized carbons (Fsp3) is 0.308. The zero-order valence-electron chi connectivity index (χ0n) is 19.8. The molecule has 35 heavy (non-hydrogen) atoms. The second kappa shape index (κ2) is 16.1. The van der Waals surface area contributed by atoms with E-state index in [1.165, 1.54) is 12.1 Å². The van der Waals surface area contributed by atoms with Gasteiger partial charge in [-0.1, -0.05) is 49.1 Å². The Hall–Kier alpha value is -3.59. The van der Waals surface area contributed by atoms with E-state index in [0.717, 1.165) is 18.2 Å². The molecule has 0 fully saturated rings. The predicted octanol–water partition coefficient (Wildman–Crippen LogP) is 5.25. The molecule has 0 saturated heterocycles. The lowest BCUT2D eigenvalue weighted by molar-refractivity contribution is -0.138. The van der Waals surface area contributed by atoms with E-state index in [1.807, 2.05) is 37.3 Å². The van der Waals surface area contributed by atoms with Crippen LogP contribution in [-0.2, 0) is 23.8 Å². The van der Waals surface area contributed by atoms with Gasteiger partial charge in [0.2, 0.25) is 0 Å². The molecular weight excluding hydrogens is 457 g/mol. The highest BCUT2D eigenvalue weighted by atomic mass is 19.4. The molecule has 0 aliphatic heterocycles. The molecule has 1 aromatic carbocycles. The Morgan fingerprint density at radius 3 is 2.57 bits per heavy atom. The second-order valence-electron chi connectivity index (χ2n) is 7.42. The van der Waals surface area contributed by atoms with E-state index in [9.17, 15) is 18.0 Å². The van der Waals surface area contributed by atoms with Crippen molar-refractivity contribution in [3.63, 3.8) is 0 Å². The summed E-state index contributed by atoms with van der Waals surface area (Å²) >= 11 is 0. The molecule has 1 heterocycles. The number of nitrogens with two attached hydrogens (primary N) is 1. The summed E-state index contributed by atoms with van der Waals surface area (Å²) in [6, 6.07) is 7.08. The average molecular weight is 491 g/mol. The third-order valence-corrected chi connectivity index (χ3v) is 4.64. The van der Waals surface area contributed by atoms with Gasteiger partial charge in [-0.05, 0) is 62.2 Å². The van der Waals surface area contributed by atoms with Gasteiger partial charge in [0.15, 0.2) is 0 Å². The summed E-state index contributed by atoms with van der Waals surface area (Å²) in [5, 5.41) is 15.1. The number of aliphatic carboxylic acids is 1. The first kappa shape index (κ1) is 29.4. The summed E-state index contributed by atoms with van der Waals surface area (Å²) in [5.41, 5.74) is 6.19. The van der Waals surface area contributed by atoms with Crippen LogP contribution in [0.15, 0.2) is 73.5 Å². The number of hydrogen-bond donors (Lipinski definition) is 4. The van der Waals surface area contributed by atoms with Gasteiger partial charge in [-0.25, -0.2) is 4.98 Å². The van der Waals surface area contributed by atoms with Crippen molar-refractivity contribution in [1.82, 2.24) is 10.3 Å². The molecular formula is C26H33F3N4O2. The number of nitrogens with zero attached hydrogens (tertiary/aromatic N) is 1. The smallest absolute Gasteiger partial charge is 0.416 e. The highest BCUT2D eigenvalue weighted by Crippen LogP contribution is 2.32. The van der Waals surface area contributed by atoms with Gasteiger partial charge in [0.25, 0.3) is 0 Å². The molecule has 0 spiro atoms. The standard InChI is InChI=1S/C19H23F3N4O2.C7H10/c20-19(21,22)15-5-4-13(12-17(27)28)11-14(15)6-10-24-7-2-9-25-16-3-1-8-26-18(16)23;1-3-5-7-6-4-2/h1,3-5,8,11,24-25H,2,6-7,9-10,12H2,(H2,23,26)(H,27,28);3-7H,1H2,2H3/b;6-4-,7-5-. The van der Waals surface area contributed by atoms with Crippen molar-refractivity contribution in [3.05, 3.63) is 90.2 Å². The third kappa shape index (κ3) is 12.4. The van der Waals surface area contributed by atoms with Crippen molar-refractivity contribution < 1.29 is 23.1 Å². The number of carboxylic acids is 1. The van der Waals surface area contributed by atoms with Crippen molar-refractivity contribution in [2.75, 3.05) is 30.7 Å². The van der Waals surface area contributed by atoms with Gasteiger partial charge in [0.1, 0.15) is 5.82 Å². The Labute approximate surface area is 204 Å². The minimum atomic E-state index is -4.47. The molecule has 0 unspecified atom stereocenters. The Morgan fingerprint density at radius 1 is 1.17 bits per heavy atom. The SMILES string of the molecule is C=C/C=C\C=C/C.Nc1ncccc1NCCCNCCc1cc(CC(=O)O)ccc1C(F)(F)F. The largest absolute Gasteiger partial charge is 0.481 e. The van der Waals surface area contributed by atoms with Gasteiger partial charge < -0.3 is 21.5 Å². The number of halogens is 3. The van der Waals surface area contributed by atoms with Gasteiger partial charge in [0.05, 0.1) is 17.7 Å². The fourth-order valence-electron chi connectivity index (χ4n) is 3.02. The summed E-state index contributed by atoms with van der Waals surface area (Å²) in [6.45, 7) is 7.11. The topological polar surface area (TPSA) is 100 Å². The van der Waals surface area contributed by atoms with Crippen molar-refractivity contribution in [1.29, 1.82) is 0 Å². The molecule has 6 nitrogen and oxygen atoms in total. The molecule has 1 aromatic heterocycles. The normalized spacial score (nSPS) is 11.3. The number of hydrogen-bond acceptors (Lipinski definition) is 5. The van der Waals surface area contributed by atoms with Crippen LogP contribution in [0.5, 0.6) is 0 Å². The van der Waals surface area contributed by atoms with Gasteiger partial charge in [-0.15, -0.1) is 0 Å². The van der Waals surface area contributed by atoms with Gasteiger partial charge in [0, 0.05) is 12.7 Å². The van der Waals surface area contributed by atoms with Crippen LogP contribution in [0.3, 0.4) is 0 Å². The molecule has 0 atom stereocenters. The number of carbonyl (C=O) groups is 1. The van der Waals surface area contributed by atoms with Crippen LogP contribution in [0, 0.1) is 0 Å². The highest BCUT2D eigenvalue weighted by Gasteiger charge is 2.33. The molecule has 5 N–H and O–H groups in total. The van der Waals surface area contributed by atoms with Crippen LogP contribution in [0.25, 0.3) is 0 Å². The van der Waals surface area contributed by atoms with Gasteiger partial charge >= 0.3 is 12.1 Å². The number of allylic oxidation sites excluding steroid dienone is 5. The number of benzene rings is 1. The first-order valence-corrected chi connectivity index (χ1v) is 11.1. The average Bonchev–Trinajstić information content (AvgIpc) is 2.79. The zero-order valence-corrected chi connectivity index (χ0v) is 19.8. The lowest BCUT2D eigenvalue weighted by Gasteiger charge is -2.15. The van der Waals surface area contributed by atoms with E-state index in [1.54, 1.807) is 18.3 Å². The van der Waals surface area contributed by atoms with E-state index in [4.69, 9.17) is 10.8 Å². The molecule has 0 aliphatic carbocycles. The summed E-state index contributed by atoms with van der Waals surface area (Å²) in [7, 11) is 0. The number of nitrogens with one attached hydrogen (secondary N) is 2. The Balaban J connectivity index is 0.000000762. The molecule has 0 saturated carbocycles. The van der Waals surface area contributed by atoms with E-state index in [0.29, 0.717) is 31.0 Å². The molecule has 0 bridgehead atoms. The summed E-state index contributed by atoms with van der Waals surface area (Å²) in [5.74, 6) is -0.665. The van der Waals surface area contributed by atoms with E-state index in [-0.39, 0.29) is 18.4 Å². The maximum absolute atomic E-state index is 13.2. The number of nitrogen functional groups attached to an aromatic ring is 1. The van der Waals surface area contributed by atoms with Crippen LogP contribution >= 0.6 is 0 Å². The molecule has 0 aliphatic rings. The second-order valence-corrected chi connectivity index (χ2v) is 7.42. The number of anilines is 2. The molecule has 9 heteroatoms. The minimum absolute atomic E-state index is 0.0972. The molecule has 2 rings (SSSR count). The van der Waals surface area contributed by atoms with E-state index in [2.05, 4.69) is 22.2 Å². The van der Waals surface area contributed by atoms with Gasteiger partial charge in [-0.2, -0.15) is 13.2 Å². The Kier molecular flexibility index (Phi) is 13.5. The van der Waals surface area contributed by atoms with Crippen LogP contribution in [0.4, 0.5) is 24.7 Å². The highest BCUT2D eigenvalue weighted by molar-refractivity contribution is 5.70. The third-order valence-electron chi connectivity index (χ3n) is 4.64. The molecule has 190 valence electrons. The fourth-order valence-corrected chi connectivity index (χ4v) is 3.02. The number of aromatic nitrogens is 1. The summed E-state index contributed by atoms with van der Waals surface area (Å²) in [4.78, 5) is 14.8. The maximum Gasteiger partial charge on any atom is 0.416 e. The lowest BCUT2D eigenvalue weighted by atomic mass is 9.99. The van der Waals surface area contributed by atoms with E-state index >= 15 is 0 Å². The predicted molar refractivity (Wildman–Crippen MR) is 135 cm³/mol. The quantitative estimate of drug-likeness (QED) is 0.240. The molecule has 2 aromatic rings. The number of rotatable bonds is 12. The zero-order chi connectivity index (χ0) is 26.1. The van der Waals surface area contributed by atoms with Crippen LogP contribution < -0.4 is 16.4 Å². The summed E-state index contributed by atoms with van der Waals surface area (Å²) < 4.78 is 39.5. The Morgan fingerprint density at radius 2 is 1.94 bits per heavy atom. The first-order chi connectivity index (χ1) is 16.7. The lowest BCUT2D eigenvalue weighted by Crippen LogP contribution is -2.22. The number of pyridine rings is 1. The van der Waals surface area contributed by atoms with Crippen LogP contribution in [0.2, 0.25) is 0 Å². The summed E-state index contributed by atoms with van der Waals surface area (Å²) in [6.07, 6.45) is 7.24. The molecule has 0 amide bonds. The van der Waals surface area contributed by atoms with Crippen molar-refractivity contribution in [2.24, 2.45) is 0 Å². The monoisotopic (exact) mass is 490 g/mol.